The number of rotatable bonds is 12. The Hall–Kier alpha value is -4.06. The molecule has 0 saturated carbocycles. The van der Waals surface area contributed by atoms with Gasteiger partial charge in [0, 0.05) is 24.5 Å². The molecule has 248 valence electrons. The van der Waals surface area contributed by atoms with E-state index in [4.69, 9.17) is 23.2 Å². The van der Waals surface area contributed by atoms with Gasteiger partial charge >= 0.3 is 6.18 Å². The third-order valence-electron chi connectivity index (χ3n) is 7.30. The van der Waals surface area contributed by atoms with Crippen LogP contribution in [-0.4, -0.2) is 44.3 Å². The van der Waals surface area contributed by atoms with Gasteiger partial charge in [0.15, 0.2) is 0 Å². The quantitative estimate of drug-likeness (QED) is 0.168. The van der Waals surface area contributed by atoms with Gasteiger partial charge in [-0.2, -0.15) is 13.2 Å². The molecule has 0 aromatic heterocycles. The van der Waals surface area contributed by atoms with Crippen molar-refractivity contribution in [3.63, 3.8) is 0 Å². The number of anilines is 1. The molecule has 0 bridgehead atoms. The van der Waals surface area contributed by atoms with Crippen molar-refractivity contribution in [2.24, 2.45) is 0 Å². The van der Waals surface area contributed by atoms with Crippen LogP contribution in [0.5, 0.6) is 0 Å². The fourth-order valence-corrected chi connectivity index (χ4v) is 6.77. The molecule has 4 aromatic carbocycles. The average Bonchev–Trinajstić information content (AvgIpc) is 3.02. The van der Waals surface area contributed by atoms with Crippen molar-refractivity contribution in [1.29, 1.82) is 0 Å². The van der Waals surface area contributed by atoms with Gasteiger partial charge < -0.3 is 10.2 Å². The van der Waals surface area contributed by atoms with E-state index < -0.39 is 56.9 Å². The van der Waals surface area contributed by atoms with E-state index >= 15 is 0 Å². The molecule has 0 heterocycles. The van der Waals surface area contributed by atoms with Crippen LogP contribution in [0.25, 0.3) is 0 Å². The second-order valence-electron chi connectivity index (χ2n) is 10.7. The highest BCUT2D eigenvalue weighted by Crippen LogP contribution is 2.38. The van der Waals surface area contributed by atoms with Gasteiger partial charge in [0.1, 0.15) is 12.6 Å². The second kappa shape index (κ2) is 15.2. The summed E-state index contributed by atoms with van der Waals surface area (Å²) in [4.78, 5) is 28.9. The van der Waals surface area contributed by atoms with Crippen molar-refractivity contribution in [2.45, 2.75) is 43.9 Å². The van der Waals surface area contributed by atoms with Crippen LogP contribution in [0.1, 0.15) is 29.2 Å². The Kier molecular flexibility index (Phi) is 11.6. The lowest BCUT2D eigenvalue weighted by molar-refractivity contribution is -0.140. The van der Waals surface area contributed by atoms with Gasteiger partial charge in [0.05, 0.1) is 21.2 Å². The highest BCUT2D eigenvalue weighted by molar-refractivity contribution is 7.92. The topological polar surface area (TPSA) is 86.8 Å². The molecule has 0 fully saturated rings. The molecule has 0 aliphatic heterocycles. The summed E-state index contributed by atoms with van der Waals surface area (Å²) in [5.74, 6) is -1.33. The summed E-state index contributed by atoms with van der Waals surface area (Å²) in [6.07, 6.45) is -4.84. The van der Waals surface area contributed by atoms with Gasteiger partial charge in [-0.15, -0.1) is 0 Å². The number of carbonyl (C=O) groups excluding carboxylic acids is 2. The summed E-state index contributed by atoms with van der Waals surface area (Å²) in [6, 6.07) is 22.7. The summed E-state index contributed by atoms with van der Waals surface area (Å²) >= 11 is 12.1. The number of nitrogens with zero attached hydrogens (tertiary/aromatic N) is 2. The molecule has 0 aliphatic rings. The van der Waals surface area contributed by atoms with Crippen molar-refractivity contribution in [1.82, 2.24) is 10.2 Å². The monoisotopic (exact) mass is 705 g/mol. The zero-order valence-electron chi connectivity index (χ0n) is 25.5. The Morgan fingerprint density at radius 1 is 0.872 bits per heavy atom. The van der Waals surface area contributed by atoms with Crippen LogP contribution < -0.4 is 9.62 Å². The SMILES string of the molecule is CCNC(=O)[C@H](Cc1ccccc1)N(Cc1cccc(Cl)c1)C(=O)CN(c1ccc(Cl)c(C(F)(F)F)c1)S(=O)(=O)c1ccc(C)cc1. The lowest BCUT2D eigenvalue weighted by Crippen LogP contribution is -2.53. The largest absolute Gasteiger partial charge is 0.417 e. The number of hydrogen-bond acceptors (Lipinski definition) is 4. The minimum absolute atomic E-state index is 0.0723. The van der Waals surface area contributed by atoms with Crippen LogP contribution in [0.15, 0.2) is 102 Å². The molecule has 0 unspecified atom stereocenters. The normalized spacial score (nSPS) is 12.3. The molecule has 2 amide bonds. The minimum Gasteiger partial charge on any atom is -0.355 e. The van der Waals surface area contributed by atoms with Crippen molar-refractivity contribution in [3.05, 3.63) is 129 Å². The first-order chi connectivity index (χ1) is 22.2. The number of sulfonamides is 1. The van der Waals surface area contributed by atoms with E-state index in [9.17, 15) is 31.2 Å². The lowest BCUT2D eigenvalue weighted by Gasteiger charge is -2.34. The number of nitrogens with one attached hydrogen (secondary N) is 1. The van der Waals surface area contributed by atoms with Gasteiger partial charge in [-0.25, -0.2) is 8.42 Å². The third-order valence-corrected chi connectivity index (χ3v) is 9.65. The Balaban J connectivity index is 1.86. The summed E-state index contributed by atoms with van der Waals surface area (Å²) < 4.78 is 70.5. The first-order valence-electron chi connectivity index (χ1n) is 14.5. The van der Waals surface area contributed by atoms with E-state index in [1.807, 2.05) is 0 Å². The molecule has 47 heavy (non-hydrogen) atoms. The summed E-state index contributed by atoms with van der Waals surface area (Å²) in [5.41, 5.74) is 0.316. The zero-order chi connectivity index (χ0) is 34.4. The first kappa shape index (κ1) is 35.8. The predicted octanol–water partition coefficient (Wildman–Crippen LogP) is 7.29. The number of hydrogen-bond donors (Lipinski definition) is 1. The molecule has 13 heteroatoms. The van der Waals surface area contributed by atoms with Crippen LogP contribution in [0, 0.1) is 6.92 Å². The average molecular weight is 707 g/mol. The number of aryl methyl sites for hydroxylation is 1. The smallest absolute Gasteiger partial charge is 0.355 e. The maximum atomic E-state index is 14.4. The van der Waals surface area contributed by atoms with E-state index in [-0.39, 0.29) is 24.4 Å². The maximum Gasteiger partial charge on any atom is 0.417 e. The lowest BCUT2D eigenvalue weighted by atomic mass is 10.0. The summed E-state index contributed by atoms with van der Waals surface area (Å²) in [5, 5.41) is 2.48. The van der Waals surface area contributed by atoms with Gasteiger partial charge in [-0.05, 0) is 67.4 Å². The van der Waals surface area contributed by atoms with E-state index in [1.54, 1.807) is 68.4 Å². The number of amides is 2. The number of benzene rings is 4. The van der Waals surface area contributed by atoms with Crippen LogP contribution >= 0.6 is 23.2 Å². The Labute approximate surface area is 282 Å². The van der Waals surface area contributed by atoms with Gasteiger partial charge in [-0.1, -0.05) is 83.4 Å². The fourth-order valence-electron chi connectivity index (χ4n) is 4.93. The molecule has 0 aliphatic carbocycles. The molecular formula is C34H32Cl2F3N3O4S. The maximum absolute atomic E-state index is 14.4. The molecule has 0 spiro atoms. The highest BCUT2D eigenvalue weighted by atomic mass is 35.5. The van der Waals surface area contributed by atoms with Gasteiger partial charge in [0.2, 0.25) is 11.8 Å². The first-order valence-corrected chi connectivity index (χ1v) is 16.7. The van der Waals surface area contributed by atoms with Crippen molar-refractivity contribution in [2.75, 3.05) is 17.4 Å². The van der Waals surface area contributed by atoms with Crippen LogP contribution in [-0.2, 0) is 38.8 Å². The minimum atomic E-state index is -4.91. The zero-order valence-corrected chi connectivity index (χ0v) is 27.8. The van der Waals surface area contributed by atoms with Crippen LogP contribution in [0.2, 0.25) is 10.0 Å². The Bertz CT molecular complexity index is 1820. The van der Waals surface area contributed by atoms with Gasteiger partial charge in [0.25, 0.3) is 10.0 Å². The van der Waals surface area contributed by atoms with Crippen molar-refractivity contribution < 1.29 is 31.2 Å². The highest BCUT2D eigenvalue weighted by Gasteiger charge is 2.37. The molecular weight excluding hydrogens is 674 g/mol. The summed E-state index contributed by atoms with van der Waals surface area (Å²) in [7, 11) is -4.62. The standard InChI is InChI=1S/C34H32Cl2F3N3O4S/c1-3-40-33(44)31(19-24-8-5-4-6-9-24)41(21-25-10-7-11-26(35)18-25)32(43)22-42(47(45,46)28-15-12-23(2)13-16-28)27-14-17-30(36)29(20-27)34(37,38)39/h4-18,20,31H,3,19,21-22H2,1-2H3,(H,40,44)/t31-/m0/s1. The van der Waals surface area contributed by atoms with Crippen LogP contribution in [0.3, 0.4) is 0 Å². The predicted molar refractivity (Wildman–Crippen MR) is 177 cm³/mol. The number of halogens is 5. The molecule has 0 radical (unpaired) electrons. The molecule has 4 rings (SSSR count). The molecule has 0 saturated heterocycles. The molecule has 7 nitrogen and oxygen atoms in total. The van der Waals surface area contributed by atoms with E-state index in [1.165, 1.54) is 29.2 Å². The fraction of sp³-hybridized carbons (Fsp3) is 0.235. The number of likely N-dealkylation sites (N-methyl/N-ethyl adjacent to an activating group) is 1. The second-order valence-corrected chi connectivity index (χ2v) is 13.4. The Morgan fingerprint density at radius 2 is 1.53 bits per heavy atom. The van der Waals surface area contributed by atoms with Gasteiger partial charge in [-0.3, -0.25) is 13.9 Å². The van der Waals surface area contributed by atoms with E-state index in [2.05, 4.69) is 5.32 Å². The Morgan fingerprint density at radius 3 is 2.15 bits per heavy atom. The van der Waals surface area contributed by atoms with Crippen molar-refractivity contribution >= 4 is 50.7 Å². The van der Waals surface area contributed by atoms with Crippen LogP contribution in [0.4, 0.5) is 18.9 Å². The number of alkyl halides is 3. The summed E-state index contributed by atoms with van der Waals surface area (Å²) in [6.45, 7) is 2.63. The van der Waals surface area contributed by atoms with Crippen molar-refractivity contribution in [3.8, 4) is 0 Å². The third kappa shape index (κ3) is 9.06. The molecule has 1 N–H and O–H groups in total. The molecule has 1 atom stereocenters. The number of carbonyl (C=O) groups is 2. The van der Waals surface area contributed by atoms with E-state index in [0.717, 1.165) is 23.3 Å². The molecule has 4 aromatic rings. The van der Waals surface area contributed by atoms with E-state index in [0.29, 0.717) is 21.0 Å².